The van der Waals surface area contributed by atoms with Gasteiger partial charge < -0.3 is 9.30 Å². The Labute approximate surface area is 126 Å². The Bertz CT molecular complexity index is 625. The number of para-hydroxylation sites is 1. The molecule has 0 bridgehead atoms. The number of halogens is 1. The summed E-state index contributed by atoms with van der Waals surface area (Å²) in [6, 6.07) is 5.84. The SMILES string of the molecule is CCOc1cccc2c1nc(C(C)Cl)n2CCS(C)=O. The third-order valence-electron chi connectivity index (χ3n) is 3.03. The van der Waals surface area contributed by atoms with Crippen LogP contribution in [0.15, 0.2) is 18.2 Å². The van der Waals surface area contributed by atoms with Crippen molar-refractivity contribution in [2.24, 2.45) is 0 Å². The highest BCUT2D eigenvalue weighted by molar-refractivity contribution is 7.84. The highest BCUT2D eigenvalue weighted by Gasteiger charge is 2.17. The van der Waals surface area contributed by atoms with E-state index in [1.807, 2.05) is 36.6 Å². The van der Waals surface area contributed by atoms with Gasteiger partial charge in [-0.1, -0.05) is 6.07 Å². The summed E-state index contributed by atoms with van der Waals surface area (Å²) in [7, 11) is -0.846. The van der Waals surface area contributed by atoms with Crippen molar-refractivity contribution in [3.63, 3.8) is 0 Å². The van der Waals surface area contributed by atoms with Crippen LogP contribution < -0.4 is 4.74 Å². The van der Waals surface area contributed by atoms with Crippen LogP contribution in [-0.4, -0.2) is 32.4 Å². The quantitative estimate of drug-likeness (QED) is 0.770. The molecule has 1 heterocycles. The molecule has 2 rings (SSSR count). The molecule has 0 saturated heterocycles. The van der Waals surface area contributed by atoms with Gasteiger partial charge in [0, 0.05) is 29.4 Å². The molecule has 0 spiro atoms. The first-order valence-corrected chi connectivity index (χ1v) is 8.77. The van der Waals surface area contributed by atoms with Crippen LogP contribution in [0, 0.1) is 0 Å². The molecule has 2 aromatic rings. The topological polar surface area (TPSA) is 44.1 Å². The molecular weight excluding hydrogens is 296 g/mol. The van der Waals surface area contributed by atoms with E-state index in [-0.39, 0.29) is 5.38 Å². The molecule has 2 atom stereocenters. The number of hydrogen-bond acceptors (Lipinski definition) is 3. The summed E-state index contributed by atoms with van der Waals surface area (Å²) >= 11 is 6.22. The van der Waals surface area contributed by atoms with E-state index in [0.717, 1.165) is 22.6 Å². The zero-order valence-corrected chi connectivity index (χ0v) is 13.5. The molecule has 6 heteroatoms. The van der Waals surface area contributed by atoms with Crippen LogP contribution in [0.1, 0.15) is 25.0 Å². The molecule has 110 valence electrons. The van der Waals surface area contributed by atoms with Crippen molar-refractivity contribution in [2.75, 3.05) is 18.6 Å². The van der Waals surface area contributed by atoms with E-state index in [4.69, 9.17) is 16.3 Å². The van der Waals surface area contributed by atoms with Crippen molar-refractivity contribution in [2.45, 2.75) is 25.8 Å². The highest BCUT2D eigenvalue weighted by Crippen LogP contribution is 2.30. The largest absolute Gasteiger partial charge is 0.492 e. The minimum atomic E-state index is -0.846. The van der Waals surface area contributed by atoms with E-state index in [1.54, 1.807) is 6.26 Å². The maximum Gasteiger partial charge on any atom is 0.147 e. The maximum absolute atomic E-state index is 11.3. The van der Waals surface area contributed by atoms with Crippen molar-refractivity contribution in [3.8, 4) is 5.75 Å². The third kappa shape index (κ3) is 3.15. The molecule has 0 fully saturated rings. The van der Waals surface area contributed by atoms with Crippen LogP contribution in [0.5, 0.6) is 5.75 Å². The molecule has 0 amide bonds. The van der Waals surface area contributed by atoms with Gasteiger partial charge in [-0.2, -0.15) is 0 Å². The Morgan fingerprint density at radius 2 is 2.25 bits per heavy atom. The van der Waals surface area contributed by atoms with Gasteiger partial charge >= 0.3 is 0 Å². The summed E-state index contributed by atoms with van der Waals surface area (Å²) in [5.74, 6) is 2.14. The Hall–Kier alpha value is -1.07. The Morgan fingerprint density at radius 3 is 2.85 bits per heavy atom. The second kappa shape index (κ2) is 6.59. The molecule has 1 aromatic heterocycles. The Morgan fingerprint density at radius 1 is 1.50 bits per heavy atom. The average Bonchev–Trinajstić information content (AvgIpc) is 2.76. The van der Waals surface area contributed by atoms with Gasteiger partial charge in [0.05, 0.1) is 17.5 Å². The second-order valence-electron chi connectivity index (χ2n) is 4.57. The first-order valence-electron chi connectivity index (χ1n) is 6.60. The summed E-state index contributed by atoms with van der Waals surface area (Å²) in [4.78, 5) is 4.62. The van der Waals surface area contributed by atoms with E-state index < -0.39 is 10.8 Å². The zero-order chi connectivity index (χ0) is 14.7. The lowest BCUT2D eigenvalue weighted by Gasteiger charge is -2.09. The number of nitrogens with zero attached hydrogens (tertiary/aromatic N) is 2. The zero-order valence-electron chi connectivity index (χ0n) is 11.9. The van der Waals surface area contributed by atoms with Gasteiger partial charge in [0.1, 0.15) is 17.1 Å². The van der Waals surface area contributed by atoms with Crippen LogP contribution in [0.4, 0.5) is 0 Å². The summed E-state index contributed by atoms with van der Waals surface area (Å²) in [5.41, 5.74) is 1.79. The van der Waals surface area contributed by atoms with E-state index >= 15 is 0 Å². The van der Waals surface area contributed by atoms with Gasteiger partial charge in [-0.15, -0.1) is 11.6 Å². The Kier molecular flexibility index (Phi) is 5.05. The van der Waals surface area contributed by atoms with Gasteiger partial charge in [-0.05, 0) is 26.0 Å². The fourth-order valence-electron chi connectivity index (χ4n) is 2.17. The molecule has 0 saturated carbocycles. The first kappa shape index (κ1) is 15.3. The average molecular weight is 315 g/mol. The molecule has 4 nitrogen and oxygen atoms in total. The van der Waals surface area contributed by atoms with Gasteiger partial charge in [-0.25, -0.2) is 4.98 Å². The van der Waals surface area contributed by atoms with Crippen molar-refractivity contribution >= 4 is 33.4 Å². The number of fused-ring (bicyclic) bond motifs is 1. The molecular formula is C14H19ClN2O2S. The van der Waals surface area contributed by atoms with E-state index in [1.165, 1.54) is 0 Å². The summed E-state index contributed by atoms with van der Waals surface area (Å²) in [5, 5.41) is -0.206. The number of aromatic nitrogens is 2. The lowest BCUT2D eigenvalue weighted by Crippen LogP contribution is -2.10. The normalized spacial score (nSPS) is 14.4. The van der Waals surface area contributed by atoms with Gasteiger partial charge in [0.25, 0.3) is 0 Å². The molecule has 1 aromatic carbocycles. The summed E-state index contributed by atoms with van der Waals surface area (Å²) in [6.45, 7) is 5.07. The minimum Gasteiger partial charge on any atom is -0.492 e. The summed E-state index contributed by atoms with van der Waals surface area (Å²) in [6.07, 6.45) is 1.70. The smallest absolute Gasteiger partial charge is 0.147 e. The van der Waals surface area contributed by atoms with Crippen LogP contribution in [0.2, 0.25) is 0 Å². The van der Waals surface area contributed by atoms with E-state index in [2.05, 4.69) is 4.98 Å². The molecule has 0 N–H and O–H groups in total. The Balaban J connectivity index is 2.54. The molecule has 0 aliphatic carbocycles. The van der Waals surface area contributed by atoms with Crippen LogP contribution >= 0.6 is 11.6 Å². The minimum absolute atomic E-state index is 0.206. The van der Waals surface area contributed by atoms with E-state index in [9.17, 15) is 4.21 Å². The number of rotatable bonds is 6. The first-order chi connectivity index (χ1) is 9.54. The molecule has 0 aliphatic rings. The maximum atomic E-state index is 11.3. The number of ether oxygens (including phenoxy) is 1. The lowest BCUT2D eigenvalue weighted by molar-refractivity contribution is 0.343. The predicted octanol–water partition coefficient (Wildman–Crippen LogP) is 3.11. The summed E-state index contributed by atoms with van der Waals surface area (Å²) < 4.78 is 19.0. The predicted molar refractivity (Wildman–Crippen MR) is 84.1 cm³/mol. The van der Waals surface area contributed by atoms with E-state index in [0.29, 0.717) is 18.9 Å². The van der Waals surface area contributed by atoms with Gasteiger partial charge in [0.15, 0.2) is 0 Å². The molecule has 0 aliphatic heterocycles. The van der Waals surface area contributed by atoms with Crippen molar-refractivity contribution in [3.05, 3.63) is 24.0 Å². The number of imidazole rings is 1. The van der Waals surface area contributed by atoms with Crippen LogP contribution in [-0.2, 0) is 17.3 Å². The number of alkyl halides is 1. The lowest BCUT2D eigenvalue weighted by atomic mass is 10.3. The second-order valence-corrected chi connectivity index (χ2v) is 6.78. The monoisotopic (exact) mass is 314 g/mol. The molecule has 20 heavy (non-hydrogen) atoms. The number of benzene rings is 1. The van der Waals surface area contributed by atoms with Crippen LogP contribution in [0.25, 0.3) is 11.0 Å². The highest BCUT2D eigenvalue weighted by atomic mass is 35.5. The number of hydrogen-bond donors (Lipinski definition) is 0. The van der Waals surface area contributed by atoms with Crippen molar-refractivity contribution < 1.29 is 8.95 Å². The molecule has 0 radical (unpaired) electrons. The standard InChI is InChI=1S/C14H19ClN2O2S/c1-4-19-12-7-5-6-11-13(12)16-14(10(2)15)17(11)8-9-20(3)18/h5-7,10H,4,8-9H2,1-3H3. The van der Waals surface area contributed by atoms with Crippen molar-refractivity contribution in [1.29, 1.82) is 0 Å². The van der Waals surface area contributed by atoms with Crippen molar-refractivity contribution in [1.82, 2.24) is 9.55 Å². The number of aryl methyl sites for hydroxylation is 1. The third-order valence-corrected chi connectivity index (χ3v) is 3.98. The van der Waals surface area contributed by atoms with Crippen LogP contribution in [0.3, 0.4) is 0 Å². The van der Waals surface area contributed by atoms with Gasteiger partial charge in [0.2, 0.25) is 0 Å². The fourth-order valence-corrected chi connectivity index (χ4v) is 2.78. The fraction of sp³-hybridized carbons (Fsp3) is 0.500. The molecule has 2 unspecified atom stereocenters. The van der Waals surface area contributed by atoms with Gasteiger partial charge in [-0.3, -0.25) is 4.21 Å².